The van der Waals surface area contributed by atoms with Crippen molar-refractivity contribution in [2.45, 2.75) is 59.0 Å². The quantitative estimate of drug-likeness (QED) is 0.689. The van der Waals surface area contributed by atoms with Crippen LogP contribution in [0.15, 0.2) is 0 Å². The maximum Gasteiger partial charge on any atom is 0.315 e. The second-order valence-corrected chi connectivity index (χ2v) is 5.87. The van der Waals surface area contributed by atoms with Crippen molar-refractivity contribution in [3.63, 3.8) is 0 Å². The molecule has 1 aliphatic rings. The minimum Gasteiger partial charge on any atom is -0.335 e. The Morgan fingerprint density at radius 2 is 1.80 bits per heavy atom. The maximum absolute atomic E-state index is 11.6. The zero-order valence-electron chi connectivity index (χ0n) is 10.6. The van der Waals surface area contributed by atoms with Crippen LogP contribution in [-0.2, 0) is 0 Å². The third kappa shape index (κ3) is 3.73. The highest BCUT2D eigenvalue weighted by molar-refractivity contribution is 5.75. The van der Waals surface area contributed by atoms with Crippen LogP contribution in [0.5, 0.6) is 0 Å². The van der Waals surface area contributed by atoms with Crippen molar-refractivity contribution in [3.05, 3.63) is 0 Å². The first-order valence-corrected chi connectivity index (χ1v) is 5.88. The van der Waals surface area contributed by atoms with Crippen LogP contribution < -0.4 is 10.6 Å². The van der Waals surface area contributed by atoms with Crippen LogP contribution in [0, 0.1) is 11.8 Å². The standard InChI is InChI=1S/C12H24N2O/c1-8-6-7-10(9(8)2)13-11(15)14-12(3,4)5/h8-10H,6-7H2,1-5H3,(H2,13,14,15). The molecule has 0 aromatic rings. The fraction of sp³-hybridized carbons (Fsp3) is 0.917. The molecule has 0 aromatic heterocycles. The van der Waals surface area contributed by atoms with Crippen LogP contribution >= 0.6 is 0 Å². The van der Waals surface area contributed by atoms with Gasteiger partial charge in [0.2, 0.25) is 0 Å². The lowest BCUT2D eigenvalue weighted by Crippen LogP contribution is -2.50. The average molecular weight is 212 g/mol. The molecule has 1 aliphatic carbocycles. The molecule has 15 heavy (non-hydrogen) atoms. The zero-order chi connectivity index (χ0) is 11.6. The van der Waals surface area contributed by atoms with Gasteiger partial charge in [-0.2, -0.15) is 0 Å². The molecule has 0 aliphatic heterocycles. The number of carbonyl (C=O) groups excluding carboxylic acids is 1. The number of carbonyl (C=O) groups is 1. The summed E-state index contributed by atoms with van der Waals surface area (Å²) in [6.07, 6.45) is 2.33. The molecule has 3 atom stereocenters. The van der Waals surface area contributed by atoms with Gasteiger partial charge in [0.15, 0.2) is 0 Å². The van der Waals surface area contributed by atoms with E-state index in [1.807, 2.05) is 20.8 Å². The summed E-state index contributed by atoms with van der Waals surface area (Å²) in [6.45, 7) is 10.5. The Bertz CT molecular complexity index is 232. The van der Waals surface area contributed by atoms with Gasteiger partial charge < -0.3 is 10.6 Å². The Balaban J connectivity index is 2.39. The van der Waals surface area contributed by atoms with E-state index in [9.17, 15) is 4.79 Å². The number of nitrogens with one attached hydrogen (secondary N) is 2. The van der Waals surface area contributed by atoms with Crippen LogP contribution in [0.2, 0.25) is 0 Å². The summed E-state index contributed by atoms with van der Waals surface area (Å²) >= 11 is 0. The van der Waals surface area contributed by atoms with Crippen LogP contribution in [0.3, 0.4) is 0 Å². The van der Waals surface area contributed by atoms with Gasteiger partial charge in [-0.15, -0.1) is 0 Å². The highest BCUT2D eigenvalue weighted by Crippen LogP contribution is 2.30. The summed E-state index contributed by atoms with van der Waals surface area (Å²) in [6, 6.07) is 0.316. The van der Waals surface area contributed by atoms with Gasteiger partial charge in [0.1, 0.15) is 0 Å². The fourth-order valence-corrected chi connectivity index (χ4v) is 2.11. The molecular formula is C12H24N2O. The molecule has 0 saturated heterocycles. The van der Waals surface area contributed by atoms with Gasteiger partial charge in [0, 0.05) is 11.6 Å². The Kier molecular flexibility index (Phi) is 3.63. The van der Waals surface area contributed by atoms with E-state index in [4.69, 9.17) is 0 Å². The summed E-state index contributed by atoms with van der Waals surface area (Å²) in [4.78, 5) is 11.6. The Morgan fingerprint density at radius 1 is 1.20 bits per heavy atom. The summed E-state index contributed by atoms with van der Waals surface area (Å²) in [5, 5.41) is 6.00. The van der Waals surface area contributed by atoms with E-state index in [-0.39, 0.29) is 11.6 Å². The molecule has 0 heterocycles. The molecule has 0 spiro atoms. The molecule has 1 rings (SSSR count). The number of rotatable bonds is 1. The third-order valence-electron chi connectivity index (χ3n) is 3.27. The van der Waals surface area contributed by atoms with E-state index >= 15 is 0 Å². The average Bonchev–Trinajstić information content (AvgIpc) is 2.32. The molecule has 1 fully saturated rings. The zero-order valence-corrected chi connectivity index (χ0v) is 10.6. The topological polar surface area (TPSA) is 41.1 Å². The summed E-state index contributed by atoms with van der Waals surface area (Å²) in [5.41, 5.74) is -0.155. The summed E-state index contributed by atoms with van der Waals surface area (Å²) in [7, 11) is 0. The Labute approximate surface area is 93.0 Å². The minimum atomic E-state index is -0.155. The Hall–Kier alpha value is -0.730. The summed E-state index contributed by atoms with van der Waals surface area (Å²) in [5.74, 6) is 1.32. The van der Waals surface area contributed by atoms with Crippen molar-refractivity contribution in [2.24, 2.45) is 11.8 Å². The predicted molar refractivity (Wildman–Crippen MR) is 62.8 cm³/mol. The fourth-order valence-electron chi connectivity index (χ4n) is 2.11. The third-order valence-corrected chi connectivity index (χ3v) is 3.27. The highest BCUT2D eigenvalue weighted by Gasteiger charge is 2.31. The predicted octanol–water partition coefficient (Wildman–Crippen LogP) is 2.52. The second-order valence-electron chi connectivity index (χ2n) is 5.87. The lowest BCUT2D eigenvalue weighted by atomic mass is 9.98. The summed E-state index contributed by atoms with van der Waals surface area (Å²) < 4.78 is 0. The first-order chi connectivity index (χ1) is 6.79. The molecule has 2 amide bonds. The molecular weight excluding hydrogens is 188 g/mol. The van der Waals surface area contributed by atoms with Gasteiger partial charge in [0.05, 0.1) is 0 Å². The molecule has 3 nitrogen and oxygen atoms in total. The lowest BCUT2D eigenvalue weighted by molar-refractivity contribution is 0.224. The van der Waals surface area contributed by atoms with Gasteiger partial charge >= 0.3 is 6.03 Å². The molecule has 2 N–H and O–H groups in total. The van der Waals surface area contributed by atoms with E-state index < -0.39 is 0 Å². The smallest absolute Gasteiger partial charge is 0.315 e. The van der Waals surface area contributed by atoms with Gasteiger partial charge in [-0.25, -0.2) is 4.79 Å². The van der Waals surface area contributed by atoms with Crippen molar-refractivity contribution in [2.75, 3.05) is 0 Å². The molecule has 3 heteroatoms. The van der Waals surface area contributed by atoms with Crippen molar-refractivity contribution < 1.29 is 4.79 Å². The first-order valence-electron chi connectivity index (χ1n) is 5.88. The largest absolute Gasteiger partial charge is 0.335 e. The number of hydrogen-bond donors (Lipinski definition) is 2. The van der Waals surface area contributed by atoms with Crippen molar-refractivity contribution in [3.8, 4) is 0 Å². The monoisotopic (exact) mass is 212 g/mol. The number of urea groups is 1. The molecule has 1 saturated carbocycles. The lowest BCUT2D eigenvalue weighted by Gasteiger charge is -2.25. The molecule has 88 valence electrons. The van der Waals surface area contributed by atoms with Gasteiger partial charge in [-0.05, 0) is 45.4 Å². The normalized spacial score (nSPS) is 31.4. The van der Waals surface area contributed by atoms with Crippen LogP contribution in [0.4, 0.5) is 4.79 Å². The molecule has 0 bridgehead atoms. The molecule has 3 unspecified atom stereocenters. The van der Waals surface area contributed by atoms with E-state index in [1.54, 1.807) is 0 Å². The van der Waals surface area contributed by atoms with Crippen LogP contribution in [0.25, 0.3) is 0 Å². The van der Waals surface area contributed by atoms with Crippen molar-refractivity contribution in [1.82, 2.24) is 10.6 Å². The van der Waals surface area contributed by atoms with Gasteiger partial charge in [-0.3, -0.25) is 0 Å². The van der Waals surface area contributed by atoms with Crippen molar-refractivity contribution >= 4 is 6.03 Å². The SMILES string of the molecule is CC1CCC(NC(=O)NC(C)(C)C)C1C. The van der Waals surface area contributed by atoms with E-state index in [0.717, 1.165) is 12.3 Å². The minimum absolute atomic E-state index is 0.0338. The first kappa shape index (κ1) is 12.3. The van der Waals surface area contributed by atoms with E-state index in [2.05, 4.69) is 24.5 Å². The van der Waals surface area contributed by atoms with E-state index in [1.165, 1.54) is 6.42 Å². The number of hydrogen-bond acceptors (Lipinski definition) is 1. The van der Waals surface area contributed by atoms with Crippen LogP contribution in [0.1, 0.15) is 47.5 Å². The van der Waals surface area contributed by atoms with Gasteiger partial charge in [0.25, 0.3) is 0 Å². The Morgan fingerprint density at radius 3 is 2.20 bits per heavy atom. The number of amides is 2. The van der Waals surface area contributed by atoms with E-state index in [0.29, 0.717) is 12.0 Å². The second kappa shape index (κ2) is 4.42. The van der Waals surface area contributed by atoms with Crippen molar-refractivity contribution in [1.29, 1.82) is 0 Å². The molecule has 0 radical (unpaired) electrons. The van der Waals surface area contributed by atoms with Gasteiger partial charge in [-0.1, -0.05) is 13.8 Å². The highest BCUT2D eigenvalue weighted by atomic mass is 16.2. The maximum atomic E-state index is 11.6. The van der Waals surface area contributed by atoms with Crippen LogP contribution in [-0.4, -0.2) is 17.6 Å². The molecule has 0 aromatic carbocycles.